The number of carbonyl (C=O) groups excluding carboxylic acids is 1. The molecule has 0 atom stereocenters. The van der Waals surface area contributed by atoms with Gasteiger partial charge in [0.2, 0.25) is 11.9 Å². The van der Waals surface area contributed by atoms with E-state index in [2.05, 4.69) is 37.0 Å². The Morgan fingerprint density at radius 1 is 1.16 bits per heavy atom. The van der Waals surface area contributed by atoms with Crippen LogP contribution in [0.25, 0.3) is 22.0 Å². The monoisotopic (exact) mass is 515 g/mol. The third-order valence-corrected chi connectivity index (χ3v) is 6.04. The summed E-state index contributed by atoms with van der Waals surface area (Å²) in [5.41, 5.74) is 3.39. The van der Waals surface area contributed by atoms with Gasteiger partial charge < -0.3 is 25.0 Å². The van der Waals surface area contributed by atoms with Crippen LogP contribution < -0.4 is 21.1 Å². The van der Waals surface area contributed by atoms with E-state index in [-0.39, 0.29) is 23.2 Å². The van der Waals surface area contributed by atoms with Gasteiger partial charge in [-0.2, -0.15) is 0 Å². The van der Waals surface area contributed by atoms with Gasteiger partial charge in [-0.1, -0.05) is 18.7 Å². The van der Waals surface area contributed by atoms with Crippen LogP contribution in [-0.4, -0.2) is 59.6 Å². The van der Waals surface area contributed by atoms with Crippen LogP contribution in [0, 0.1) is 5.82 Å². The number of nitrogens with zero attached hydrogens (tertiary/aromatic N) is 5. The van der Waals surface area contributed by atoms with E-state index in [0.717, 1.165) is 18.8 Å². The summed E-state index contributed by atoms with van der Waals surface area (Å²) >= 11 is 0. The zero-order valence-electron chi connectivity index (χ0n) is 21.8. The Hall–Kier alpha value is -4.57. The number of amides is 1. The van der Waals surface area contributed by atoms with E-state index in [1.54, 1.807) is 31.4 Å². The molecule has 2 aromatic heterocycles. The number of hydrogen-bond donors (Lipinski definition) is 2. The van der Waals surface area contributed by atoms with Crippen LogP contribution >= 0.6 is 0 Å². The zero-order chi connectivity index (χ0) is 27.4. The Kier molecular flexibility index (Phi) is 7.82. The smallest absolute Gasteiger partial charge is 0.261 e. The number of likely N-dealkylation sites (N-methyl/N-ethyl adjacent to an activating group) is 2. The Balaban J connectivity index is 1.73. The number of nitrogens with one attached hydrogen (secondary N) is 2. The summed E-state index contributed by atoms with van der Waals surface area (Å²) in [6.45, 7) is 5.13. The summed E-state index contributed by atoms with van der Waals surface area (Å²) in [6.07, 6.45) is 4.31. The van der Waals surface area contributed by atoms with E-state index in [1.165, 1.54) is 29.0 Å². The molecular weight excluding hydrogens is 485 g/mol. The number of benzene rings is 2. The van der Waals surface area contributed by atoms with E-state index in [0.29, 0.717) is 33.4 Å². The molecule has 0 aliphatic heterocycles. The zero-order valence-corrected chi connectivity index (χ0v) is 21.8. The Morgan fingerprint density at radius 2 is 1.95 bits per heavy atom. The fourth-order valence-electron chi connectivity index (χ4n) is 4.00. The highest BCUT2D eigenvalue weighted by atomic mass is 19.1. The molecule has 0 spiro atoms. The molecule has 1 amide bonds. The van der Waals surface area contributed by atoms with E-state index in [9.17, 15) is 14.0 Å². The second-order valence-corrected chi connectivity index (χ2v) is 9.20. The van der Waals surface area contributed by atoms with Crippen molar-refractivity contribution in [3.05, 3.63) is 83.7 Å². The van der Waals surface area contributed by atoms with Crippen molar-refractivity contribution in [1.82, 2.24) is 19.4 Å². The highest BCUT2D eigenvalue weighted by Gasteiger charge is 2.15. The van der Waals surface area contributed by atoms with E-state index in [1.807, 2.05) is 33.3 Å². The van der Waals surface area contributed by atoms with Crippen molar-refractivity contribution < 1.29 is 9.18 Å². The largest absolute Gasteiger partial charge is 0.372 e. The molecule has 0 saturated carbocycles. The molecule has 0 radical (unpaired) electrons. The number of rotatable bonds is 9. The average molecular weight is 516 g/mol. The Morgan fingerprint density at radius 3 is 2.66 bits per heavy atom. The van der Waals surface area contributed by atoms with Gasteiger partial charge in [-0.15, -0.1) is 0 Å². The minimum absolute atomic E-state index is 0.248. The number of anilines is 4. The number of carbonyl (C=O) groups is 1. The number of halogens is 1. The van der Waals surface area contributed by atoms with Crippen LogP contribution in [0.2, 0.25) is 0 Å². The highest BCUT2D eigenvalue weighted by Crippen LogP contribution is 2.31. The maximum atomic E-state index is 14.0. The molecule has 0 aliphatic rings. The lowest BCUT2D eigenvalue weighted by atomic mass is 10.1. The predicted octanol–water partition coefficient (Wildman–Crippen LogP) is 4.00. The Bertz CT molecular complexity index is 1570. The number of pyridine rings is 1. The van der Waals surface area contributed by atoms with Crippen LogP contribution in [0.1, 0.15) is 0 Å². The van der Waals surface area contributed by atoms with Crippen LogP contribution in [0.3, 0.4) is 0 Å². The number of aromatic nitrogens is 3. The van der Waals surface area contributed by atoms with Crippen molar-refractivity contribution in [2.75, 3.05) is 49.8 Å². The van der Waals surface area contributed by atoms with Gasteiger partial charge >= 0.3 is 0 Å². The van der Waals surface area contributed by atoms with Crippen LogP contribution in [0.5, 0.6) is 0 Å². The van der Waals surface area contributed by atoms with Crippen molar-refractivity contribution in [3.8, 4) is 11.1 Å². The molecular formula is C28H30FN7O2. The molecule has 2 aromatic carbocycles. The van der Waals surface area contributed by atoms with Crippen molar-refractivity contribution in [2.45, 2.75) is 0 Å². The summed E-state index contributed by atoms with van der Waals surface area (Å²) in [4.78, 5) is 38.0. The van der Waals surface area contributed by atoms with Gasteiger partial charge in [-0.3, -0.25) is 9.59 Å². The molecule has 4 aromatic rings. The lowest BCUT2D eigenvalue weighted by molar-refractivity contribution is -0.111. The number of hydrogen-bond acceptors (Lipinski definition) is 7. The van der Waals surface area contributed by atoms with Crippen molar-refractivity contribution in [3.63, 3.8) is 0 Å². The molecule has 2 heterocycles. The lowest BCUT2D eigenvalue weighted by Crippen LogP contribution is -2.29. The molecule has 196 valence electrons. The minimum Gasteiger partial charge on any atom is -0.372 e. The summed E-state index contributed by atoms with van der Waals surface area (Å²) in [6, 6.07) is 11.7. The lowest BCUT2D eigenvalue weighted by Gasteiger charge is -2.24. The molecule has 0 saturated heterocycles. The molecule has 0 fully saturated rings. The van der Waals surface area contributed by atoms with Crippen LogP contribution in [0.15, 0.2) is 72.3 Å². The third-order valence-electron chi connectivity index (χ3n) is 6.04. The minimum atomic E-state index is -0.387. The normalized spacial score (nSPS) is 11.0. The molecule has 0 aliphatic carbocycles. The predicted molar refractivity (Wildman–Crippen MR) is 151 cm³/mol. The molecule has 10 heteroatoms. The van der Waals surface area contributed by atoms with Crippen molar-refractivity contribution >= 4 is 39.8 Å². The van der Waals surface area contributed by atoms with E-state index < -0.39 is 0 Å². The van der Waals surface area contributed by atoms with Crippen LogP contribution in [0.4, 0.5) is 27.4 Å². The standard InChI is InChI=1S/C28H30FN7O2/c1-6-25(37)32-23-15-20(10-11-24(23)35(4)13-12-34(2)3)31-28-30-16-21-26(33-28)22(17-36(5)27(21)38)18-8-7-9-19(29)14-18/h6-11,14-17H,1,12-13H2,2-5H3,(H,32,37)(H,30,31,33). The second-order valence-electron chi connectivity index (χ2n) is 9.20. The molecule has 2 N–H and O–H groups in total. The molecule has 0 unspecified atom stereocenters. The Labute approximate surface area is 220 Å². The fourth-order valence-corrected chi connectivity index (χ4v) is 4.00. The summed E-state index contributed by atoms with van der Waals surface area (Å²) in [5.74, 6) is -0.471. The average Bonchev–Trinajstić information content (AvgIpc) is 2.89. The fraction of sp³-hybridized carbons (Fsp3) is 0.214. The summed E-state index contributed by atoms with van der Waals surface area (Å²) in [5, 5.41) is 6.34. The van der Waals surface area contributed by atoms with Gasteiger partial charge in [0.15, 0.2) is 0 Å². The summed E-state index contributed by atoms with van der Waals surface area (Å²) < 4.78 is 15.4. The topological polar surface area (TPSA) is 95.4 Å². The van der Waals surface area contributed by atoms with Crippen molar-refractivity contribution in [1.29, 1.82) is 0 Å². The number of fused-ring (bicyclic) bond motifs is 1. The molecule has 4 rings (SSSR count). The van der Waals surface area contributed by atoms with Gasteiger partial charge in [-0.05, 0) is 56.1 Å². The van der Waals surface area contributed by atoms with Gasteiger partial charge in [0.25, 0.3) is 5.56 Å². The SMILES string of the molecule is C=CC(=O)Nc1cc(Nc2ncc3c(=O)n(C)cc(-c4cccc(F)c4)c3n2)ccc1N(C)CCN(C)C. The first-order chi connectivity index (χ1) is 18.2. The maximum Gasteiger partial charge on any atom is 0.261 e. The van der Waals surface area contributed by atoms with E-state index >= 15 is 0 Å². The first-order valence-corrected chi connectivity index (χ1v) is 12.0. The first kappa shape index (κ1) is 26.5. The van der Waals surface area contributed by atoms with Gasteiger partial charge in [0.05, 0.1) is 22.3 Å². The van der Waals surface area contributed by atoms with E-state index in [4.69, 9.17) is 0 Å². The van der Waals surface area contributed by atoms with Crippen LogP contribution in [-0.2, 0) is 11.8 Å². The molecule has 38 heavy (non-hydrogen) atoms. The van der Waals surface area contributed by atoms with Gasteiger partial charge in [-0.25, -0.2) is 14.4 Å². The highest BCUT2D eigenvalue weighted by molar-refractivity contribution is 6.01. The third kappa shape index (κ3) is 5.87. The second kappa shape index (κ2) is 11.2. The first-order valence-electron chi connectivity index (χ1n) is 12.0. The molecule has 0 bridgehead atoms. The summed E-state index contributed by atoms with van der Waals surface area (Å²) in [7, 11) is 7.59. The quantitative estimate of drug-likeness (QED) is 0.325. The van der Waals surface area contributed by atoms with Gasteiger partial charge in [0, 0.05) is 50.8 Å². The maximum absolute atomic E-state index is 14.0. The van der Waals surface area contributed by atoms with Gasteiger partial charge in [0.1, 0.15) is 5.82 Å². The molecule has 9 nitrogen and oxygen atoms in total. The number of aryl methyl sites for hydroxylation is 1. The van der Waals surface area contributed by atoms with Crippen molar-refractivity contribution in [2.24, 2.45) is 7.05 Å².